The van der Waals surface area contributed by atoms with Gasteiger partial charge in [0.2, 0.25) is 0 Å². The molecule has 5 atom stereocenters. The van der Waals surface area contributed by atoms with Crippen LogP contribution in [0.1, 0.15) is 44.9 Å². The Hall–Kier alpha value is -0.610. The molecule has 0 N–H and O–H groups in total. The van der Waals surface area contributed by atoms with Crippen molar-refractivity contribution in [2.75, 3.05) is 6.61 Å². The third-order valence-corrected chi connectivity index (χ3v) is 5.21. The van der Waals surface area contributed by atoms with Crippen molar-refractivity contribution >= 4 is 5.97 Å². The summed E-state index contributed by atoms with van der Waals surface area (Å²) in [7, 11) is 0. The van der Waals surface area contributed by atoms with Crippen molar-refractivity contribution < 1.29 is 19.0 Å². The van der Waals surface area contributed by atoms with Gasteiger partial charge in [0.15, 0.2) is 0 Å². The lowest BCUT2D eigenvalue weighted by Gasteiger charge is -2.45. The monoisotopic (exact) mass is 266 g/mol. The summed E-state index contributed by atoms with van der Waals surface area (Å²) in [5, 5.41) is 0. The van der Waals surface area contributed by atoms with Gasteiger partial charge in [0.05, 0.1) is 36.9 Å². The highest BCUT2D eigenvalue weighted by Gasteiger charge is 2.46. The van der Waals surface area contributed by atoms with E-state index in [2.05, 4.69) is 0 Å². The molecule has 3 saturated heterocycles. The SMILES string of the molecule is O=C(OCCC1CC2CC(C1)O2)C1CCC2OC2C1. The summed E-state index contributed by atoms with van der Waals surface area (Å²) in [5.74, 6) is 0.797. The summed E-state index contributed by atoms with van der Waals surface area (Å²) >= 11 is 0. The van der Waals surface area contributed by atoms with Crippen molar-refractivity contribution in [1.29, 1.82) is 0 Å². The molecule has 3 aliphatic heterocycles. The largest absolute Gasteiger partial charge is 0.465 e. The topological polar surface area (TPSA) is 48.1 Å². The van der Waals surface area contributed by atoms with Crippen molar-refractivity contribution in [2.45, 2.75) is 69.4 Å². The molecule has 0 amide bonds. The van der Waals surface area contributed by atoms with Crippen LogP contribution in [-0.4, -0.2) is 37.0 Å². The van der Waals surface area contributed by atoms with Crippen LogP contribution in [0.3, 0.4) is 0 Å². The number of epoxide rings is 1. The number of fused-ring (bicyclic) bond motifs is 3. The lowest BCUT2D eigenvalue weighted by molar-refractivity contribution is -0.175. The third kappa shape index (κ3) is 2.52. The standard InChI is InChI=1S/C15H22O4/c16-15(10-1-2-13-14(7-10)19-13)17-4-3-9-5-11-8-12(6-9)18-11/h9-14H,1-8H2. The van der Waals surface area contributed by atoms with E-state index < -0.39 is 0 Å². The lowest BCUT2D eigenvalue weighted by atomic mass is 9.79. The maximum absolute atomic E-state index is 12.0. The molecular formula is C15H22O4. The van der Waals surface area contributed by atoms with Crippen LogP contribution in [0.5, 0.6) is 0 Å². The number of hydrogen-bond acceptors (Lipinski definition) is 4. The van der Waals surface area contributed by atoms with Gasteiger partial charge in [0.1, 0.15) is 0 Å². The number of rotatable bonds is 4. The maximum atomic E-state index is 12.0. The molecule has 5 fully saturated rings. The average Bonchev–Trinajstić information content (AvgIpc) is 3.16. The zero-order chi connectivity index (χ0) is 12.8. The van der Waals surface area contributed by atoms with Crippen LogP contribution in [0.25, 0.3) is 0 Å². The van der Waals surface area contributed by atoms with E-state index in [-0.39, 0.29) is 11.9 Å². The first-order valence-corrected chi connectivity index (χ1v) is 7.75. The Bertz CT molecular complexity index is 353. The van der Waals surface area contributed by atoms with Crippen LogP contribution in [0.2, 0.25) is 0 Å². The Balaban J connectivity index is 1.17. The summed E-state index contributed by atoms with van der Waals surface area (Å²) in [6, 6.07) is 0. The van der Waals surface area contributed by atoms with Gasteiger partial charge in [-0.2, -0.15) is 0 Å². The molecule has 0 aromatic carbocycles. The van der Waals surface area contributed by atoms with Gasteiger partial charge in [-0.05, 0) is 50.9 Å². The minimum absolute atomic E-state index is 0.00571. The zero-order valence-electron chi connectivity index (χ0n) is 11.3. The first kappa shape index (κ1) is 12.2. The summed E-state index contributed by atoms with van der Waals surface area (Å²) in [6.45, 7) is 0.592. The second-order valence-corrected chi connectivity index (χ2v) is 6.63. The molecule has 0 spiro atoms. The Morgan fingerprint density at radius 1 is 1.00 bits per heavy atom. The number of carbonyl (C=O) groups is 1. The van der Waals surface area contributed by atoms with E-state index in [0.717, 1.165) is 38.5 Å². The van der Waals surface area contributed by atoms with E-state index in [4.69, 9.17) is 14.2 Å². The molecule has 0 radical (unpaired) electrons. The van der Waals surface area contributed by atoms with E-state index in [9.17, 15) is 4.79 Å². The fraction of sp³-hybridized carbons (Fsp3) is 0.933. The van der Waals surface area contributed by atoms with Crippen LogP contribution >= 0.6 is 0 Å². The van der Waals surface area contributed by atoms with Crippen LogP contribution in [-0.2, 0) is 19.0 Å². The zero-order valence-corrected chi connectivity index (χ0v) is 11.3. The van der Waals surface area contributed by atoms with Gasteiger partial charge in [-0.3, -0.25) is 4.79 Å². The van der Waals surface area contributed by atoms with Gasteiger partial charge in [-0.15, -0.1) is 0 Å². The molecule has 0 aromatic heterocycles. The third-order valence-electron chi connectivity index (χ3n) is 5.21. The molecule has 5 unspecified atom stereocenters. The van der Waals surface area contributed by atoms with E-state index >= 15 is 0 Å². The second-order valence-electron chi connectivity index (χ2n) is 6.63. The van der Waals surface area contributed by atoms with Gasteiger partial charge in [-0.1, -0.05) is 0 Å². The van der Waals surface area contributed by atoms with Gasteiger partial charge in [0, 0.05) is 0 Å². The van der Waals surface area contributed by atoms with Gasteiger partial charge in [-0.25, -0.2) is 0 Å². The minimum Gasteiger partial charge on any atom is -0.465 e. The highest BCUT2D eigenvalue weighted by molar-refractivity contribution is 5.72. The molecule has 5 rings (SSSR count). The Kier molecular flexibility index (Phi) is 3.03. The highest BCUT2D eigenvalue weighted by Crippen LogP contribution is 2.41. The molecule has 3 heterocycles. The Labute approximate surface area is 113 Å². The van der Waals surface area contributed by atoms with Crippen molar-refractivity contribution in [1.82, 2.24) is 0 Å². The maximum Gasteiger partial charge on any atom is 0.309 e. The average molecular weight is 266 g/mol. The fourth-order valence-electron chi connectivity index (χ4n) is 4.00. The predicted octanol–water partition coefficient (Wildman–Crippen LogP) is 2.05. The highest BCUT2D eigenvalue weighted by atomic mass is 16.6. The summed E-state index contributed by atoms with van der Waals surface area (Å²) < 4.78 is 16.5. The summed E-state index contributed by atoms with van der Waals surface area (Å²) in [4.78, 5) is 12.0. The van der Waals surface area contributed by atoms with E-state index in [1.54, 1.807) is 0 Å². The predicted molar refractivity (Wildman–Crippen MR) is 67.6 cm³/mol. The van der Waals surface area contributed by atoms with Crippen LogP contribution < -0.4 is 0 Å². The molecular weight excluding hydrogens is 244 g/mol. The van der Waals surface area contributed by atoms with Gasteiger partial charge < -0.3 is 14.2 Å². The molecule has 4 nitrogen and oxygen atoms in total. The van der Waals surface area contributed by atoms with Crippen LogP contribution in [0, 0.1) is 11.8 Å². The lowest BCUT2D eigenvalue weighted by Crippen LogP contribution is -2.45. The van der Waals surface area contributed by atoms with Crippen molar-refractivity contribution in [3.8, 4) is 0 Å². The first-order chi connectivity index (χ1) is 9.28. The molecule has 2 saturated carbocycles. The number of ether oxygens (including phenoxy) is 3. The van der Waals surface area contributed by atoms with Crippen molar-refractivity contribution in [3.05, 3.63) is 0 Å². The Morgan fingerprint density at radius 3 is 2.53 bits per heavy atom. The van der Waals surface area contributed by atoms with Gasteiger partial charge in [0.25, 0.3) is 0 Å². The smallest absolute Gasteiger partial charge is 0.309 e. The van der Waals surface area contributed by atoms with Crippen LogP contribution in [0.4, 0.5) is 0 Å². The Morgan fingerprint density at radius 2 is 1.79 bits per heavy atom. The normalized spacial score (nSPS) is 46.9. The molecule has 0 aromatic rings. The van der Waals surface area contributed by atoms with E-state index in [0.29, 0.717) is 36.9 Å². The first-order valence-electron chi connectivity index (χ1n) is 7.75. The number of esters is 1. The second kappa shape index (κ2) is 4.74. The van der Waals surface area contributed by atoms with E-state index in [1.807, 2.05) is 0 Å². The van der Waals surface area contributed by atoms with Crippen LogP contribution in [0.15, 0.2) is 0 Å². The van der Waals surface area contributed by atoms with Crippen molar-refractivity contribution in [3.63, 3.8) is 0 Å². The van der Waals surface area contributed by atoms with E-state index in [1.165, 1.54) is 6.42 Å². The molecule has 2 bridgehead atoms. The quantitative estimate of drug-likeness (QED) is 0.577. The molecule has 5 aliphatic rings. The summed E-state index contributed by atoms with van der Waals surface area (Å²) in [5.41, 5.74) is 0. The molecule has 2 aliphatic carbocycles. The summed E-state index contributed by atoms with van der Waals surface area (Å²) in [6.07, 6.45) is 9.26. The van der Waals surface area contributed by atoms with Crippen molar-refractivity contribution in [2.24, 2.45) is 11.8 Å². The number of carbonyl (C=O) groups excluding carboxylic acids is 1. The molecule has 19 heavy (non-hydrogen) atoms. The van der Waals surface area contributed by atoms with Gasteiger partial charge >= 0.3 is 5.97 Å². The minimum atomic E-state index is 0.00571. The molecule has 106 valence electrons. The molecule has 4 heteroatoms. The number of hydrogen-bond donors (Lipinski definition) is 0. The fourth-order valence-corrected chi connectivity index (χ4v) is 4.00.